The van der Waals surface area contributed by atoms with E-state index in [0.717, 1.165) is 18.1 Å². The zero-order valence-electron chi connectivity index (χ0n) is 12.4. The van der Waals surface area contributed by atoms with E-state index in [-0.39, 0.29) is 5.60 Å². The van der Waals surface area contributed by atoms with Crippen molar-refractivity contribution in [2.45, 2.75) is 58.5 Å². The number of fused-ring (bicyclic) bond motifs is 3. The van der Waals surface area contributed by atoms with Crippen LogP contribution in [-0.4, -0.2) is 10.7 Å². The molecule has 0 radical (unpaired) electrons. The summed E-state index contributed by atoms with van der Waals surface area (Å²) in [5.41, 5.74) is 2.47. The van der Waals surface area contributed by atoms with Gasteiger partial charge in [0.25, 0.3) is 0 Å². The predicted octanol–water partition coefficient (Wildman–Crippen LogP) is 4.39. The lowest BCUT2D eigenvalue weighted by Gasteiger charge is -2.43. The molecule has 1 N–H and O–H groups in total. The van der Waals surface area contributed by atoms with Gasteiger partial charge in [0.1, 0.15) is 17.1 Å². The Kier molecular flexibility index (Phi) is 2.81. The van der Waals surface area contributed by atoms with Gasteiger partial charge in [-0.05, 0) is 49.7 Å². The summed E-state index contributed by atoms with van der Waals surface area (Å²) in [5, 5.41) is 9.81. The third-order valence-corrected chi connectivity index (χ3v) is 5.22. The first-order valence-corrected chi connectivity index (χ1v) is 7.46. The van der Waals surface area contributed by atoms with Crippen molar-refractivity contribution in [3.05, 3.63) is 23.3 Å². The molecular formula is C17H24O2. The molecule has 3 rings (SSSR count). The zero-order chi connectivity index (χ0) is 13.8. The molecule has 2 nitrogen and oxygen atoms in total. The quantitative estimate of drug-likeness (QED) is 0.811. The highest BCUT2D eigenvalue weighted by Gasteiger charge is 2.53. The minimum atomic E-state index is -0.0482. The highest BCUT2D eigenvalue weighted by Crippen LogP contribution is 2.57. The maximum Gasteiger partial charge on any atom is 0.127 e. The summed E-state index contributed by atoms with van der Waals surface area (Å²) in [6.07, 6.45) is 3.58. The summed E-state index contributed by atoms with van der Waals surface area (Å²) in [5.74, 6) is 3.00. The van der Waals surface area contributed by atoms with Crippen LogP contribution in [0.1, 0.15) is 57.1 Å². The lowest BCUT2D eigenvalue weighted by Crippen LogP contribution is -2.46. The standard InChI is InChI=1S/C17H24O2/c1-10(2)17-6-5-11(3)7-14(17)16-12(4)8-13(18)9-15(16)19-17/h8-11,14,18H,5-7H2,1-4H3/t11-,14-,17+/m0/s1. The number of phenols is 1. The second kappa shape index (κ2) is 4.16. The molecule has 1 saturated carbocycles. The first kappa shape index (κ1) is 12.8. The van der Waals surface area contributed by atoms with Crippen LogP contribution in [-0.2, 0) is 0 Å². The number of aryl methyl sites for hydroxylation is 1. The molecule has 104 valence electrons. The molecule has 0 unspecified atom stereocenters. The van der Waals surface area contributed by atoms with Gasteiger partial charge in [-0.2, -0.15) is 0 Å². The van der Waals surface area contributed by atoms with E-state index in [9.17, 15) is 5.11 Å². The Morgan fingerprint density at radius 2 is 2.11 bits per heavy atom. The first-order chi connectivity index (χ1) is 8.94. The van der Waals surface area contributed by atoms with Crippen LogP contribution in [0.4, 0.5) is 0 Å². The minimum absolute atomic E-state index is 0.0482. The average Bonchev–Trinajstić information content (AvgIpc) is 2.63. The Labute approximate surface area is 115 Å². The molecular weight excluding hydrogens is 236 g/mol. The van der Waals surface area contributed by atoms with Crippen LogP contribution < -0.4 is 4.74 Å². The van der Waals surface area contributed by atoms with Crippen molar-refractivity contribution in [2.75, 3.05) is 0 Å². The van der Waals surface area contributed by atoms with Gasteiger partial charge in [0.2, 0.25) is 0 Å². The predicted molar refractivity (Wildman–Crippen MR) is 76.8 cm³/mol. The normalized spacial score (nSPS) is 32.9. The second-order valence-corrected chi connectivity index (χ2v) is 6.82. The summed E-state index contributed by atoms with van der Waals surface area (Å²) < 4.78 is 6.41. The Hall–Kier alpha value is -1.18. The molecule has 2 heteroatoms. The third kappa shape index (κ3) is 1.76. The fourth-order valence-electron chi connectivity index (χ4n) is 4.14. The van der Waals surface area contributed by atoms with E-state index >= 15 is 0 Å². The molecule has 1 aliphatic heterocycles. The number of ether oxygens (including phenoxy) is 1. The Balaban J connectivity index is 2.13. The van der Waals surface area contributed by atoms with Gasteiger partial charge in [-0.25, -0.2) is 0 Å². The van der Waals surface area contributed by atoms with E-state index in [2.05, 4.69) is 27.7 Å². The fraction of sp³-hybridized carbons (Fsp3) is 0.647. The van der Waals surface area contributed by atoms with E-state index in [1.807, 2.05) is 6.07 Å². The monoisotopic (exact) mass is 260 g/mol. The van der Waals surface area contributed by atoms with E-state index < -0.39 is 0 Å². The topological polar surface area (TPSA) is 29.5 Å². The Bertz CT molecular complexity index is 506. The van der Waals surface area contributed by atoms with Gasteiger partial charge >= 0.3 is 0 Å². The van der Waals surface area contributed by atoms with Crippen LogP contribution in [0.3, 0.4) is 0 Å². The number of hydrogen-bond acceptors (Lipinski definition) is 2. The van der Waals surface area contributed by atoms with Crippen molar-refractivity contribution in [2.24, 2.45) is 11.8 Å². The largest absolute Gasteiger partial charge is 0.508 e. The molecule has 0 spiro atoms. The van der Waals surface area contributed by atoms with E-state index in [1.165, 1.54) is 24.0 Å². The van der Waals surface area contributed by atoms with Crippen molar-refractivity contribution >= 4 is 0 Å². The van der Waals surface area contributed by atoms with Crippen molar-refractivity contribution in [1.82, 2.24) is 0 Å². The summed E-state index contributed by atoms with van der Waals surface area (Å²) >= 11 is 0. The van der Waals surface area contributed by atoms with E-state index in [0.29, 0.717) is 17.6 Å². The number of phenolic OH excluding ortho intramolecular Hbond substituents is 1. The molecule has 0 aromatic heterocycles. The number of benzene rings is 1. The van der Waals surface area contributed by atoms with Gasteiger partial charge in [0.05, 0.1) is 0 Å². The molecule has 0 saturated heterocycles. The van der Waals surface area contributed by atoms with Crippen molar-refractivity contribution in [3.63, 3.8) is 0 Å². The summed E-state index contributed by atoms with van der Waals surface area (Å²) in [6, 6.07) is 3.67. The van der Waals surface area contributed by atoms with Crippen LogP contribution in [0, 0.1) is 18.8 Å². The lowest BCUT2D eigenvalue weighted by molar-refractivity contribution is -0.0187. The van der Waals surface area contributed by atoms with E-state index in [1.54, 1.807) is 6.07 Å². The SMILES string of the molecule is Cc1cc(O)cc2c1[C@@H]1C[C@@H](C)CC[C@]1(C(C)C)O2. The van der Waals surface area contributed by atoms with Gasteiger partial charge in [0, 0.05) is 17.5 Å². The van der Waals surface area contributed by atoms with Gasteiger partial charge < -0.3 is 9.84 Å². The third-order valence-electron chi connectivity index (χ3n) is 5.22. The molecule has 1 aliphatic carbocycles. The van der Waals surface area contributed by atoms with Crippen LogP contribution in [0.5, 0.6) is 11.5 Å². The number of rotatable bonds is 1. The molecule has 0 amide bonds. The van der Waals surface area contributed by atoms with Gasteiger partial charge in [-0.3, -0.25) is 0 Å². The molecule has 3 atom stereocenters. The van der Waals surface area contributed by atoms with Crippen molar-refractivity contribution in [3.8, 4) is 11.5 Å². The average molecular weight is 260 g/mol. The van der Waals surface area contributed by atoms with Crippen LogP contribution in [0.25, 0.3) is 0 Å². The molecule has 19 heavy (non-hydrogen) atoms. The van der Waals surface area contributed by atoms with Crippen LogP contribution >= 0.6 is 0 Å². The van der Waals surface area contributed by atoms with Crippen molar-refractivity contribution < 1.29 is 9.84 Å². The summed E-state index contributed by atoms with van der Waals surface area (Å²) in [7, 11) is 0. The maximum atomic E-state index is 9.81. The second-order valence-electron chi connectivity index (χ2n) is 6.82. The lowest BCUT2D eigenvalue weighted by atomic mass is 9.65. The maximum absolute atomic E-state index is 9.81. The molecule has 1 fully saturated rings. The number of aromatic hydroxyl groups is 1. The Morgan fingerprint density at radius 1 is 1.37 bits per heavy atom. The summed E-state index contributed by atoms with van der Waals surface area (Å²) in [4.78, 5) is 0. The molecule has 0 bridgehead atoms. The fourth-order valence-corrected chi connectivity index (χ4v) is 4.14. The van der Waals surface area contributed by atoms with Crippen LogP contribution in [0.2, 0.25) is 0 Å². The molecule has 1 aromatic carbocycles. The van der Waals surface area contributed by atoms with Crippen LogP contribution in [0.15, 0.2) is 12.1 Å². The van der Waals surface area contributed by atoms with E-state index in [4.69, 9.17) is 4.74 Å². The molecule has 2 aliphatic rings. The zero-order valence-corrected chi connectivity index (χ0v) is 12.4. The summed E-state index contributed by atoms with van der Waals surface area (Å²) in [6.45, 7) is 8.98. The smallest absolute Gasteiger partial charge is 0.127 e. The molecule has 1 heterocycles. The minimum Gasteiger partial charge on any atom is -0.508 e. The number of hydrogen-bond donors (Lipinski definition) is 1. The Morgan fingerprint density at radius 3 is 2.79 bits per heavy atom. The first-order valence-electron chi connectivity index (χ1n) is 7.46. The van der Waals surface area contributed by atoms with Gasteiger partial charge in [-0.15, -0.1) is 0 Å². The van der Waals surface area contributed by atoms with Gasteiger partial charge in [-0.1, -0.05) is 20.8 Å². The van der Waals surface area contributed by atoms with Gasteiger partial charge in [0.15, 0.2) is 0 Å². The molecule has 1 aromatic rings. The highest BCUT2D eigenvalue weighted by atomic mass is 16.5. The van der Waals surface area contributed by atoms with Crippen molar-refractivity contribution in [1.29, 1.82) is 0 Å². The highest BCUT2D eigenvalue weighted by molar-refractivity contribution is 5.52.